The van der Waals surface area contributed by atoms with Gasteiger partial charge in [0.25, 0.3) is 0 Å². The SMILES string of the molecule is COc1ccc(N=Nc2cc(Cl)cc(C)c2O)cc1. The zero-order valence-electron chi connectivity index (χ0n) is 10.6. The van der Waals surface area contributed by atoms with Crippen molar-refractivity contribution in [3.8, 4) is 11.5 Å². The minimum absolute atomic E-state index is 0.0849. The second-order valence-corrected chi connectivity index (χ2v) is 4.42. The molecule has 0 radical (unpaired) electrons. The molecule has 0 saturated heterocycles. The van der Waals surface area contributed by atoms with E-state index in [1.807, 2.05) is 0 Å². The van der Waals surface area contributed by atoms with Gasteiger partial charge in [-0.2, -0.15) is 5.11 Å². The van der Waals surface area contributed by atoms with Crippen molar-refractivity contribution >= 4 is 23.0 Å². The summed E-state index contributed by atoms with van der Waals surface area (Å²) in [6, 6.07) is 10.4. The van der Waals surface area contributed by atoms with E-state index in [0.717, 1.165) is 5.75 Å². The smallest absolute Gasteiger partial charge is 0.146 e. The van der Waals surface area contributed by atoms with Crippen LogP contribution in [0.4, 0.5) is 11.4 Å². The molecule has 0 atom stereocenters. The number of aromatic hydroxyl groups is 1. The second kappa shape index (κ2) is 5.71. The van der Waals surface area contributed by atoms with Crippen LogP contribution in [0.15, 0.2) is 46.6 Å². The molecule has 0 spiro atoms. The number of hydrogen-bond acceptors (Lipinski definition) is 4. The first-order chi connectivity index (χ1) is 9.10. The number of methoxy groups -OCH3 is 1. The maximum absolute atomic E-state index is 9.85. The van der Waals surface area contributed by atoms with Gasteiger partial charge in [0.1, 0.15) is 17.2 Å². The summed E-state index contributed by atoms with van der Waals surface area (Å²) in [5.74, 6) is 0.835. The van der Waals surface area contributed by atoms with E-state index in [1.165, 1.54) is 0 Å². The number of ether oxygens (including phenoxy) is 1. The van der Waals surface area contributed by atoms with Gasteiger partial charge in [0.05, 0.1) is 12.8 Å². The summed E-state index contributed by atoms with van der Waals surface area (Å²) in [6.07, 6.45) is 0. The Morgan fingerprint density at radius 2 is 1.79 bits per heavy atom. The van der Waals surface area contributed by atoms with Crippen LogP contribution < -0.4 is 4.74 Å². The molecular formula is C14H13ClN2O2. The molecule has 98 valence electrons. The van der Waals surface area contributed by atoms with Gasteiger partial charge in [0, 0.05) is 5.02 Å². The molecule has 19 heavy (non-hydrogen) atoms. The highest BCUT2D eigenvalue weighted by Crippen LogP contribution is 2.34. The van der Waals surface area contributed by atoms with Crippen molar-refractivity contribution in [1.29, 1.82) is 0 Å². The number of phenolic OH excluding ortho intramolecular Hbond substituents is 1. The maximum Gasteiger partial charge on any atom is 0.146 e. The first kappa shape index (κ1) is 13.4. The van der Waals surface area contributed by atoms with Crippen LogP contribution in [0.1, 0.15) is 5.56 Å². The zero-order chi connectivity index (χ0) is 13.8. The molecule has 0 aliphatic carbocycles. The minimum Gasteiger partial charge on any atom is -0.505 e. The normalized spacial score (nSPS) is 10.9. The van der Waals surface area contributed by atoms with E-state index in [1.54, 1.807) is 50.4 Å². The Balaban J connectivity index is 2.27. The summed E-state index contributed by atoms with van der Waals surface area (Å²) in [5, 5.41) is 18.4. The molecule has 0 aliphatic heterocycles. The monoisotopic (exact) mass is 276 g/mol. The number of benzene rings is 2. The Bertz CT molecular complexity index is 610. The minimum atomic E-state index is 0.0849. The molecule has 5 heteroatoms. The Morgan fingerprint density at radius 1 is 1.11 bits per heavy atom. The van der Waals surface area contributed by atoms with Gasteiger partial charge in [-0.05, 0) is 48.9 Å². The third kappa shape index (κ3) is 3.23. The number of rotatable bonds is 3. The van der Waals surface area contributed by atoms with Crippen LogP contribution in [-0.2, 0) is 0 Å². The fourth-order valence-corrected chi connectivity index (χ4v) is 1.82. The molecule has 0 fully saturated rings. The molecule has 0 bridgehead atoms. The summed E-state index contributed by atoms with van der Waals surface area (Å²) in [5.41, 5.74) is 1.68. The lowest BCUT2D eigenvalue weighted by Gasteiger charge is -2.03. The molecule has 0 saturated carbocycles. The largest absolute Gasteiger partial charge is 0.505 e. The number of halogens is 1. The first-order valence-electron chi connectivity index (χ1n) is 5.65. The van der Waals surface area contributed by atoms with Crippen LogP contribution >= 0.6 is 11.6 Å². The van der Waals surface area contributed by atoms with Crippen molar-refractivity contribution in [2.24, 2.45) is 10.2 Å². The van der Waals surface area contributed by atoms with Crippen LogP contribution in [0.5, 0.6) is 11.5 Å². The molecule has 0 heterocycles. The third-order valence-electron chi connectivity index (χ3n) is 2.59. The lowest BCUT2D eigenvalue weighted by Crippen LogP contribution is -1.79. The molecule has 0 aliphatic rings. The average molecular weight is 277 g/mol. The second-order valence-electron chi connectivity index (χ2n) is 3.99. The first-order valence-corrected chi connectivity index (χ1v) is 6.03. The van der Waals surface area contributed by atoms with E-state index >= 15 is 0 Å². The quantitative estimate of drug-likeness (QED) is 0.820. The van der Waals surface area contributed by atoms with E-state index in [4.69, 9.17) is 16.3 Å². The molecule has 0 aromatic heterocycles. The van der Waals surface area contributed by atoms with Gasteiger partial charge < -0.3 is 9.84 Å². The summed E-state index contributed by atoms with van der Waals surface area (Å²) in [6.45, 7) is 1.76. The molecule has 0 amide bonds. The van der Waals surface area contributed by atoms with Crippen LogP contribution in [0.3, 0.4) is 0 Å². The summed E-state index contributed by atoms with van der Waals surface area (Å²) in [4.78, 5) is 0. The van der Waals surface area contributed by atoms with Gasteiger partial charge in [-0.1, -0.05) is 11.6 Å². The van der Waals surface area contributed by atoms with E-state index in [2.05, 4.69) is 10.2 Å². The maximum atomic E-state index is 9.85. The van der Waals surface area contributed by atoms with Gasteiger partial charge in [-0.25, -0.2) is 0 Å². The molecule has 4 nitrogen and oxygen atoms in total. The van der Waals surface area contributed by atoms with Crippen molar-refractivity contribution in [3.05, 3.63) is 47.0 Å². The van der Waals surface area contributed by atoms with Gasteiger partial charge in [0.15, 0.2) is 0 Å². The van der Waals surface area contributed by atoms with Gasteiger partial charge in [-0.3, -0.25) is 0 Å². The summed E-state index contributed by atoms with van der Waals surface area (Å²) < 4.78 is 5.05. The van der Waals surface area contributed by atoms with E-state index < -0.39 is 0 Å². The Labute approximate surface area is 116 Å². The predicted octanol–water partition coefficient (Wildman–Crippen LogP) is 4.78. The lowest BCUT2D eigenvalue weighted by atomic mass is 10.2. The predicted molar refractivity (Wildman–Crippen MR) is 75.0 cm³/mol. The van der Waals surface area contributed by atoms with Crippen molar-refractivity contribution in [3.63, 3.8) is 0 Å². The summed E-state index contributed by atoms with van der Waals surface area (Å²) in [7, 11) is 1.60. The fourth-order valence-electron chi connectivity index (χ4n) is 1.55. The highest BCUT2D eigenvalue weighted by molar-refractivity contribution is 6.31. The van der Waals surface area contributed by atoms with E-state index in [-0.39, 0.29) is 5.75 Å². The van der Waals surface area contributed by atoms with E-state index in [0.29, 0.717) is 22.0 Å². The fraction of sp³-hybridized carbons (Fsp3) is 0.143. The van der Waals surface area contributed by atoms with Crippen molar-refractivity contribution in [1.82, 2.24) is 0 Å². The van der Waals surface area contributed by atoms with Gasteiger partial charge in [0.2, 0.25) is 0 Å². The van der Waals surface area contributed by atoms with Crippen LogP contribution in [-0.4, -0.2) is 12.2 Å². The van der Waals surface area contributed by atoms with Crippen LogP contribution in [0.25, 0.3) is 0 Å². The van der Waals surface area contributed by atoms with E-state index in [9.17, 15) is 5.11 Å². The standard InChI is InChI=1S/C14H13ClN2O2/c1-9-7-10(15)8-13(14(9)18)17-16-11-3-5-12(19-2)6-4-11/h3-8,18H,1-2H3. The molecular weight excluding hydrogens is 264 g/mol. The molecule has 2 rings (SSSR count). The number of aryl methyl sites for hydroxylation is 1. The van der Waals surface area contributed by atoms with Gasteiger partial charge >= 0.3 is 0 Å². The lowest BCUT2D eigenvalue weighted by molar-refractivity contribution is 0.415. The molecule has 2 aromatic rings. The highest BCUT2D eigenvalue weighted by Gasteiger charge is 2.05. The van der Waals surface area contributed by atoms with Crippen molar-refractivity contribution in [2.75, 3.05) is 7.11 Å². The highest BCUT2D eigenvalue weighted by atomic mass is 35.5. The van der Waals surface area contributed by atoms with Crippen LogP contribution in [0.2, 0.25) is 5.02 Å². The average Bonchev–Trinajstić information content (AvgIpc) is 2.41. The number of hydrogen-bond donors (Lipinski definition) is 1. The number of nitrogens with zero attached hydrogens (tertiary/aromatic N) is 2. The Morgan fingerprint density at radius 3 is 2.42 bits per heavy atom. The van der Waals surface area contributed by atoms with Crippen molar-refractivity contribution < 1.29 is 9.84 Å². The Hall–Kier alpha value is -2.07. The summed E-state index contributed by atoms with van der Waals surface area (Å²) >= 11 is 5.91. The van der Waals surface area contributed by atoms with Crippen molar-refractivity contribution in [2.45, 2.75) is 6.92 Å². The number of azo groups is 1. The molecule has 1 N–H and O–H groups in total. The van der Waals surface area contributed by atoms with Crippen LogP contribution in [0, 0.1) is 6.92 Å². The molecule has 0 unspecified atom stereocenters. The third-order valence-corrected chi connectivity index (χ3v) is 2.81. The number of phenols is 1. The Kier molecular flexibility index (Phi) is 4.02. The van der Waals surface area contributed by atoms with Gasteiger partial charge in [-0.15, -0.1) is 5.11 Å². The molecule has 2 aromatic carbocycles. The zero-order valence-corrected chi connectivity index (χ0v) is 11.3. The topological polar surface area (TPSA) is 54.2 Å².